The summed E-state index contributed by atoms with van der Waals surface area (Å²) in [5.41, 5.74) is 13.6. The molecule has 0 amide bonds. The molecule has 0 N–H and O–H groups in total. The lowest BCUT2D eigenvalue weighted by Crippen LogP contribution is -1.94. The van der Waals surface area contributed by atoms with Crippen molar-refractivity contribution < 1.29 is 4.42 Å². The first-order valence-electron chi connectivity index (χ1n) is 17.4. The van der Waals surface area contributed by atoms with E-state index in [0.717, 1.165) is 27.6 Å². The van der Waals surface area contributed by atoms with E-state index in [-0.39, 0.29) is 0 Å². The predicted molar refractivity (Wildman–Crippen MR) is 213 cm³/mol. The molecule has 3 aromatic heterocycles. The molecule has 0 radical (unpaired) electrons. The van der Waals surface area contributed by atoms with Gasteiger partial charge in [-0.15, -0.1) is 0 Å². The summed E-state index contributed by atoms with van der Waals surface area (Å²) in [5, 5.41) is 7.20. The molecule has 0 aliphatic heterocycles. The second kappa shape index (κ2) is 10.8. The fourth-order valence-electron chi connectivity index (χ4n) is 8.22. The molecular formula is C48H30N2O. The molecule has 0 atom stereocenters. The highest BCUT2D eigenvalue weighted by Gasteiger charge is 2.19. The maximum absolute atomic E-state index is 6.46. The van der Waals surface area contributed by atoms with Gasteiger partial charge in [-0.3, -0.25) is 0 Å². The lowest BCUT2D eigenvalue weighted by Gasteiger charge is -2.11. The number of fused-ring (bicyclic) bond motifs is 9. The van der Waals surface area contributed by atoms with Gasteiger partial charge in [0.1, 0.15) is 11.2 Å². The first-order chi connectivity index (χ1) is 25.3. The number of hydrogen-bond acceptors (Lipinski definition) is 1. The Kier molecular flexibility index (Phi) is 5.96. The minimum Gasteiger partial charge on any atom is -0.456 e. The summed E-state index contributed by atoms with van der Waals surface area (Å²) in [4.78, 5) is 0. The number of nitrogens with zero attached hydrogens (tertiary/aromatic N) is 2. The van der Waals surface area contributed by atoms with Gasteiger partial charge in [-0.05, 0) is 95.1 Å². The topological polar surface area (TPSA) is 23.0 Å². The van der Waals surface area contributed by atoms with E-state index in [4.69, 9.17) is 4.42 Å². The van der Waals surface area contributed by atoms with E-state index >= 15 is 0 Å². The molecule has 3 nitrogen and oxygen atoms in total. The molecule has 8 aromatic carbocycles. The van der Waals surface area contributed by atoms with Crippen LogP contribution in [-0.2, 0) is 0 Å². The minimum absolute atomic E-state index is 0.887. The lowest BCUT2D eigenvalue weighted by molar-refractivity contribution is 0.669. The van der Waals surface area contributed by atoms with Crippen LogP contribution in [-0.4, -0.2) is 9.13 Å². The summed E-state index contributed by atoms with van der Waals surface area (Å²) < 4.78 is 11.2. The number of benzene rings is 8. The van der Waals surface area contributed by atoms with Gasteiger partial charge in [-0.25, -0.2) is 0 Å². The van der Waals surface area contributed by atoms with E-state index in [2.05, 4.69) is 191 Å². The van der Waals surface area contributed by atoms with Crippen molar-refractivity contribution in [1.82, 2.24) is 9.13 Å². The Bertz CT molecular complexity index is 3130. The van der Waals surface area contributed by atoms with Crippen molar-refractivity contribution in [1.29, 1.82) is 0 Å². The molecule has 0 spiro atoms. The van der Waals surface area contributed by atoms with Crippen LogP contribution in [0.2, 0.25) is 0 Å². The van der Waals surface area contributed by atoms with Crippen LogP contribution in [0.25, 0.3) is 99.2 Å². The average Bonchev–Trinajstić information content (AvgIpc) is 3.85. The van der Waals surface area contributed by atoms with Crippen molar-refractivity contribution in [2.75, 3.05) is 0 Å². The van der Waals surface area contributed by atoms with Crippen molar-refractivity contribution in [3.05, 3.63) is 182 Å². The molecule has 0 saturated heterocycles. The monoisotopic (exact) mass is 650 g/mol. The second-order valence-electron chi connectivity index (χ2n) is 13.3. The van der Waals surface area contributed by atoms with Gasteiger partial charge in [0.05, 0.1) is 33.1 Å². The van der Waals surface area contributed by atoms with Gasteiger partial charge in [0.25, 0.3) is 0 Å². The Labute approximate surface area is 293 Å². The summed E-state index contributed by atoms with van der Waals surface area (Å²) >= 11 is 0. The van der Waals surface area contributed by atoms with Crippen LogP contribution in [0.3, 0.4) is 0 Å². The number of furan rings is 1. The molecule has 11 aromatic rings. The summed E-state index contributed by atoms with van der Waals surface area (Å²) in [6.07, 6.45) is 0. The molecular weight excluding hydrogens is 621 g/mol. The minimum atomic E-state index is 0.887. The third-order valence-electron chi connectivity index (χ3n) is 10.5. The molecule has 51 heavy (non-hydrogen) atoms. The molecule has 238 valence electrons. The van der Waals surface area contributed by atoms with Crippen molar-refractivity contribution in [3.63, 3.8) is 0 Å². The zero-order valence-electron chi connectivity index (χ0n) is 27.6. The molecule has 0 aliphatic rings. The Morgan fingerprint density at radius 1 is 0.314 bits per heavy atom. The van der Waals surface area contributed by atoms with Crippen molar-refractivity contribution in [3.8, 4) is 33.6 Å². The van der Waals surface area contributed by atoms with Crippen LogP contribution in [0.4, 0.5) is 0 Å². The maximum atomic E-state index is 6.46. The highest BCUT2D eigenvalue weighted by molar-refractivity contribution is 6.16. The molecule has 11 rings (SSSR count). The third kappa shape index (κ3) is 4.19. The highest BCUT2D eigenvalue weighted by atomic mass is 16.3. The molecule has 0 bridgehead atoms. The van der Waals surface area contributed by atoms with Gasteiger partial charge >= 0.3 is 0 Å². The predicted octanol–water partition coefficient (Wildman–Crippen LogP) is 13.1. The number of rotatable bonds is 4. The first kappa shape index (κ1) is 28.0. The van der Waals surface area contributed by atoms with Gasteiger partial charge in [0.15, 0.2) is 0 Å². The van der Waals surface area contributed by atoms with Crippen LogP contribution >= 0.6 is 0 Å². The van der Waals surface area contributed by atoms with Crippen molar-refractivity contribution >= 4 is 65.6 Å². The fraction of sp³-hybridized carbons (Fsp3) is 0. The Morgan fingerprint density at radius 3 is 1.55 bits per heavy atom. The molecule has 0 aliphatic carbocycles. The van der Waals surface area contributed by atoms with Crippen LogP contribution in [0, 0.1) is 0 Å². The van der Waals surface area contributed by atoms with Gasteiger partial charge in [0.2, 0.25) is 0 Å². The molecule has 0 unspecified atom stereocenters. The van der Waals surface area contributed by atoms with E-state index in [0.29, 0.717) is 0 Å². The number of hydrogen-bond donors (Lipinski definition) is 0. The Morgan fingerprint density at radius 2 is 0.843 bits per heavy atom. The van der Waals surface area contributed by atoms with E-state index in [1.54, 1.807) is 0 Å². The van der Waals surface area contributed by atoms with E-state index in [1.165, 1.54) is 71.6 Å². The van der Waals surface area contributed by atoms with Crippen LogP contribution in [0.15, 0.2) is 186 Å². The highest BCUT2D eigenvalue weighted by Crippen LogP contribution is 2.41. The summed E-state index contributed by atoms with van der Waals surface area (Å²) in [7, 11) is 0. The summed E-state index contributed by atoms with van der Waals surface area (Å²) in [5.74, 6) is 0. The third-order valence-corrected chi connectivity index (χ3v) is 10.5. The van der Waals surface area contributed by atoms with Gasteiger partial charge in [-0.2, -0.15) is 0 Å². The number of aromatic nitrogens is 2. The van der Waals surface area contributed by atoms with Gasteiger partial charge < -0.3 is 13.6 Å². The normalized spacial score (nSPS) is 11.9. The Hall–Kier alpha value is -6.84. The van der Waals surface area contributed by atoms with Gasteiger partial charge in [-0.1, -0.05) is 109 Å². The Balaban J connectivity index is 1.12. The summed E-state index contributed by atoms with van der Waals surface area (Å²) in [6.45, 7) is 0. The standard InChI is InChI=1S/C48H30N2O/c1-3-12-31(13-4-1)32-24-27-46-40(30-32)48-45(20-11-21-47(48)51-46)50-42-19-10-8-17-37(42)39-29-34(23-26-44(39)50)33-22-25-43-38(28-33)36-16-7-9-18-41(36)49(43)35-14-5-2-6-15-35/h1-30H. The summed E-state index contributed by atoms with van der Waals surface area (Å²) in [6, 6.07) is 65.4. The van der Waals surface area contributed by atoms with E-state index in [9.17, 15) is 0 Å². The molecule has 0 saturated carbocycles. The average molecular weight is 651 g/mol. The molecule has 3 heterocycles. The SMILES string of the molecule is c1ccc(-c2ccc3oc4cccc(-n5c6ccccc6c6cc(-c7ccc8c(c7)c7ccccc7n8-c7ccccc7)ccc65)c4c3c2)cc1. The van der Waals surface area contributed by atoms with Crippen molar-refractivity contribution in [2.24, 2.45) is 0 Å². The van der Waals surface area contributed by atoms with Crippen LogP contribution < -0.4 is 0 Å². The maximum Gasteiger partial charge on any atom is 0.137 e. The zero-order chi connectivity index (χ0) is 33.5. The van der Waals surface area contributed by atoms with Crippen LogP contribution in [0.1, 0.15) is 0 Å². The first-order valence-corrected chi connectivity index (χ1v) is 17.4. The molecule has 3 heteroatoms. The van der Waals surface area contributed by atoms with E-state index in [1.807, 2.05) is 0 Å². The van der Waals surface area contributed by atoms with Gasteiger partial charge in [0, 0.05) is 32.6 Å². The smallest absolute Gasteiger partial charge is 0.137 e. The lowest BCUT2D eigenvalue weighted by atomic mass is 10.0. The number of para-hydroxylation sites is 3. The molecule has 0 fully saturated rings. The zero-order valence-corrected chi connectivity index (χ0v) is 27.6. The van der Waals surface area contributed by atoms with E-state index < -0.39 is 0 Å². The fourth-order valence-corrected chi connectivity index (χ4v) is 8.22. The van der Waals surface area contributed by atoms with Crippen LogP contribution in [0.5, 0.6) is 0 Å². The van der Waals surface area contributed by atoms with Crippen molar-refractivity contribution in [2.45, 2.75) is 0 Å². The largest absolute Gasteiger partial charge is 0.456 e. The quantitative estimate of drug-likeness (QED) is 0.186. The second-order valence-corrected chi connectivity index (χ2v) is 13.3.